The van der Waals surface area contributed by atoms with E-state index in [1.54, 1.807) is 38.4 Å². The Hall–Kier alpha value is -3.30. The number of halogens is 3. The number of hydrogen-bond acceptors (Lipinski definition) is 3. The van der Waals surface area contributed by atoms with Crippen LogP contribution in [-0.2, 0) is 6.18 Å². The smallest absolute Gasteiger partial charge is 0.370 e. The molecule has 0 fully saturated rings. The summed E-state index contributed by atoms with van der Waals surface area (Å²) in [6.45, 7) is 0. The van der Waals surface area contributed by atoms with E-state index in [2.05, 4.69) is 15.0 Å². The summed E-state index contributed by atoms with van der Waals surface area (Å²) in [6.07, 6.45) is -4.47. The molecule has 138 valence electrons. The van der Waals surface area contributed by atoms with Gasteiger partial charge in [-0.05, 0) is 24.3 Å². The highest BCUT2D eigenvalue weighted by atomic mass is 19.4. The van der Waals surface area contributed by atoms with Gasteiger partial charge in [-0.2, -0.15) is 18.2 Å². The van der Waals surface area contributed by atoms with E-state index in [0.29, 0.717) is 11.3 Å². The number of benzene rings is 1. The van der Waals surface area contributed by atoms with Crippen molar-refractivity contribution in [3.8, 4) is 11.3 Å². The maximum Gasteiger partial charge on any atom is 0.416 e. The van der Waals surface area contributed by atoms with Gasteiger partial charge in [0.2, 0.25) is 5.96 Å². The third kappa shape index (κ3) is 4.85. The SMILES string of the molecule is CN(C)c1cc(C(F)(F)F)cc(-c2ccc(N=C(N)N=C(N)N)cc2)n1. The maximum atomic E-state index is 13.1. The van der Waals surface area contributed by atoms with Crippen LogP contribution < -0.4 is 22.1 Å². The quantitative estimate of drug-likeness (QED) is 0.568. The number of anilines is 1. The van der Waals surface area contributed by atoms with Crippen molar-refractivity contribution in [2.75, 3.05) is 19.0 Å². The molecular weight excluding hydrogens is 347 g/mol. The Labute approximate surface area is 148 Å². The number of aliphatic imine (C=N–C) groups is 2. The molecule has 0 unspecified atom stereocenters. The van der Waals surface area contributed by atoms with Crippen LogP contribution in [0.25, 0.3) is 11.3 Å². The van der Waals surface area contributed by atoms with Gasteiger partial charge in [0.15, 0.2) is 5.96 Å². The lowest BCUT2D eigenvalue weighted by Crippen LogP contribution is -2.26. The van der Waals surface area contributed by atoms with E-state index < -0.39 is 11.7 Å². The predicted octanol–water partition coefficient (Wildman–Crippen LogP) is 2.05. The van der Waals surface area contributed by atoms with Gasteiger partial charge in [-0.1, -0.05) is 12.1 Å². The van der Waals surface area contributed by atoms with Crippen LogP contribution in [0.5, 0.6) is 0 Å². The molecule has 0 saturated heterocycles. The third-order valence-electron chi connectivity index (χ3n) is 3.25. The summed E-state index contributed by atoms with van der Waals surface area (Å²) in [7, 11) is 3.24. The topological polar surface area (TPSA) is 119 Å². The molecule has 1 aromatic heterocycles. The lowest BCUT2D eigenvalue weighted by atomic mass is 10.1. The molecule has 0 bridgehead atoms. The first-order valence-electron chi connectivity index (χ1n) is 7.37. The predicted molar refractivity (Wildman–Crippen MR) is 96.1 cm³/mol. The van der Waals surface area contributed by atoms with Crippen LogP contribution in [0, 0.1) is 0 Å². The van der Waals surface area contributed by atoms with E-state index in [0.717, 1.165) is 12.1 Å². The fraction of sp³-hybridized carbons (Fsp3) is 0.188. The van der Waals surface area contributed by atoms with Crippen LogP contribution in [-0.4, -0.2) is 31.0 Å². The van der Waals surface area contributed by atoms with Gasteiger partial charge in [0, 0.05) is 19.7 Å². The fourth-order valence-electron chi connectivity index (χ4n) is 2.05. The van der Waals surface area contributed by atoms with Gasteiger partial charge in [-0.15, -0.1) is 0 Å². The minimum absolute atomic E-state index is 0.134. The van der Waals surface area contributed by atoms with Crippen LogP contribution in [0.2, 0.25) is 0 Å². The fourth-order valence-corrected chi connectivity index (χ4v) is 2.05. The van der Waals surface area contributed by atoms with Gasteiger partial charge in [0.05, 0.1) is 16.9 Å². The summed E-state index contributed by atoms with van der Waals surface area (Å²) in [6, 6.07) is 8.31. The highest BCUT2D eigenvalue weighted by Gasteiger charge is 2.32. The second kappa shape index (κ2) is 7.30. The molecule has 1 heterocycles. The first-order valence-corrected chi connectivity index (χ1v) is 7.37. The highest BCUT2D eigenvalue weighted by Crippen LogP contribution is 2.34. The van der Waals surface area contributed by atoms with E-state index in [9.17, 15) is 13.2 Å². The van der Waals surface area contributed by atoms with Crippen molar-refractivity contribution in [1.82, 2.24) is 4.98 Å². The van der Waals surface area contributed by atoms with Crippen molar-refractivity contribution in [2.24, 2.45) is 27.2 Å². The van der Waals surface area contributed by atoms with Gasteiger partial charge in [-0.3, -0.25) is 0 Å². The van der Waals surface area contributed by atoms with E-state index in [4.69, 9.17) is 17.2 Å². The maximum absolute atomic E-state index is 13.1. The Morgan fingerprint density at radius 3 is 2.15 bits per heavy atom. The van der Waals surface area contributed by atoms with Gasteiger partial charge in [0.25, 0.3) is 0 Å². The number of alkyl halides is 3. The molecule has 6 N–H and O–H groups in total. The number of nitrogens with zero attached hydrogens (tertiary/aromatic N) is 4. The van der Waals surface area contributed by atoms with Crippen LogP contribution in [0.1, 0.15) is 5.56 Å². The number of guanidine groups is 2. The van der Waals surface area contributed by atoms with Gasteiger partial charge < -0.3 is 22.1 Å². The molecule has 7 nitrogen and oxygen atoms in total. The minimum atomic E-state index is -4.47. The van der Waals surface area contributed by atoms with Crippen molar-refractivity contribution >= 4 is 23.4 Å². The molecule has 0 amide bonds. The lowest BCUT2D eigenvalue weighted by molar-refractivity contribution is -0.137. The standard InChI is InChI=1S/C16H18F3N7/c1-26(2)13-8-10(16(17,18)19)7-12(24-13)9-3-5-11(6-4-9)23-15(22)25-14(20)21/h3-8H,1-2H3,(H6,20,21,22,23,25). The van der Waals surface area contributed by atoms with Crippen molar-refractivity contribution in [3.05, 3.63) is 42.0 Å². The summed E-state index contributed by atoms with van der Waals surface area (Å²) in [4.78, 5) is 13.3. The second-order valence-corrected chi connectivity index (χ2v) is 5.54. The largest absolute Gasteiger partial charge is 0.416 e. The Morgan fingerprint density at radius 2 is 1.65 bits per heavy atom. The average Bonchev–Trinajstić information content (AvgIpc) is 2.53. The van der Waals surface area contributed by atoms with Crippen molar-refractivity contribution in [1.29, 1.82) is 0 Å². The van der Waals surface area contributed by atoms with E-state index in [1.165, 1.54) is 4.90 Å². The van der Waals surface area contributed by atoms with E-state index in [1.807, 2.05) is 0 Å². The van der Waals surface area contributed by atoms with Crippen LogP contribution in [0.15, 0.2) is 46.4 Å². The Morgan fingerprint density at radius 1 is 1.04 bits per heavy atom. The zero-order valence-corrected chi connectivity index (χ0v) is 14.1. The molecule has 0 atom stereocenters. The van der Waals surface area contributed by atoms with Crippen molar-refractivity contribution in [2.45, 2.75) is 6.18 Å². The van der Waals surface area contributed by atoms with Crippen LogP contribution in [0.3, 0.4) is 0 Å². The summed E-state index contributed by atoms with van der Waals surface area (Å²) >= 11 is 0. The zero-order valence-electron chi connectivity index (χ0n) is 14.1. The molecule has 1 aromatic carbocycles. The van der Waals surface area contributed by atoms with Crippen LogP contribution in [0.4, 0.5) is 24.7 Å². The van der Waals surface area contributed by atoms with Gasteiger partial charge in [-0.25, -0.2) is 9.98 Å². The van der Waals surface area contributed by atoms with Crippen molar-refractivity contribution < 1.29 is 13.2 Å². The molecule has 0 aliphatic heterocycles. The molecule has 0 spiro atoms. The molecule has 0 aliphatic rings. The first kappa shape index (κ1) is 19.0. The van der Waals surface area contributed by atoms with Crippen LogP contribution >= 0.6 is 0 Å². The second-order valence-electron chi connectivity index (χ2n) is 5.54. The summed E-state index contributed by atoms with van der Waals surface area (Å²) in [5, 5.41) is 0. The Bertz CT molecular complexity index is 836. The summed E-state index contributed by atoms with van der Waals surface area (Å²) in [5.41, 5.74) is 16.3. The number of hydrogen-bond donors (Lipinski definition) is 3. The number of pyridine rings is 1. The molecule has 0 aliphatic carbocycles. The number of aromatic nitrogens is 1. The number of rotatable bonds is 3. The normalized spacial score (nSPS) is 12.0. The number of nitrogens with two attached hydrogens (primary N) is 3. The minimum Gasteiger partial charge on any atom is -0.370 e. The van der Waals surface area contributed by atoms with E-state index >= 15 is 0 Å². The van der Waals surface area contributed by atoms with Crippen molar-refractivity contribution in [3.63, 3.8) is 0 Å². The summed E-state index contributed by atoms with van der Waals surface area (Å²) in [5.74, 6) is -0.161. The molecule has 2 aromatic rings. The molecule has 26 heavy (non-hydrogen) atoms. The highest BCUT2D eigenvalue weighted by molar-refractivity contribution is 5.93. The third-order valence-corrected chi connectivity index (χ3v) is 3.25. The van der Waals surface area contributed by atoms with Gasteiger partial charge >= 0.3 is 6.18 Å². The Kier molecular flexibility index (Phi) is 5.34. The van der Waals surface area contributed by atoms with E-state index in [-0.39, 0.29) is 23.4 Å². The molecular formula is C16H18F3N7. The molecule has 2 rings (SSSR count). The first-order chi connectivity index (χ1) is 12.1. The average molecular weight is 365 g/mol. The lowest BCUT2D eigenvalue weighted by Gasteiger charge is -2.16. The molecule has 0 saturated carbocycles. The molecule has 0 radical (unpaired) electrons. The monoisotopic (exact) mass is 365 g/mol. The molecule has 10 heteroatoms. The summed E-state index contributed by atoms with van der Waals surface area (Å²) < 4.78 is 39.4. The zero-order chi connectivity index (χ0) is 19.5. The Balaban J connectivity index is 2.42. The van der Waals surface area contributed by atoms with Gasteiger partial charge in [0.1, 0.15) is 5.82 Å².